The lowest BCUT2D eigenvalue weighted by Gasteiger charge is -1.97. The second-order valence-corrected chi connectivity index (χ2v) is 6.87. The molecule has 3 rings (SSSR count). The highest BCUT2D eigenvalue weighted by Gasteiger charge is 2.19. The number of hydrogen-bond donors (Lipinski definition) is 1. The van der Waals surface area contributed by atoms with Gasteiger partial charge in [0.15, 0.2) is 10.8 Å². The van der Waals surface area contributed by atoms with Crippen LogP contribution in [0.2, 0.25) is 0 Å². The van der Waals surface area contributed by atoms with Gasteiger partial charge >= 0.3 is 0 Å². The summed E-state index contributed by atoms with van der Waals surface area (Å²) in [6, 6.07) is 3.62. The highest BCUT2D eigenvalue weighted by atomic mass is 32.1. The molecule has 0 aliphatic carbocycles. The molecule has 22 heavy (non-hydrogen) atoms. The first-order valence-corrected chi connectivity index (χ1v) is 8.45. The van der Waals surface area contributed by atoms with E-state index in [2.05, 4.69) is 27.4 Å². The Balaban J connectivity index is 1.77. The lowest BCUT2D eigenvalue weighted by molar-refractivity contribution is 0.102. The SMILES string of the molecule is CCCc1nnc(NC(=O)c2nc(-c3ccco3)sc2C)s1. The van der Waals surface area contributed by atoms with Crippen molar-refractivity contribution in [3.63, 3.8) is 0 Å². The molecule has 0 radical (unpaired) electrons. The molecule has 3 aromatic heterocycles. The number of rotatable bonds is 5. The van der Waals surface area contributed by atoms with Crippen LogP contribution in [-0.4, -0.2) is 21.1 Å². The molecule has 0 aliphatic heterocycles. The molecule has 1 amide bonds. The van der Waals surface area contributed by atoms with Crippen molar-refractivity contribution in [2.45, 2.75) is 26.7 Å². The van der Waals surface area contributed by atoms with E-state index in [1.54, 1.807) is 12.3 Å². The Kier molecular flexibility index (Phi) is 4.30. The maximum Gasteiger partial charge on any atom is 0.277 e. The number of nitrogens with zero attached hydrogens (tertiary/aromatic N) is 3. The Morgan fingerprint density at radius 2 is 2.23 bits per heavy atom. The number of amides is 1. The Labute approximate surface area is 135 Å². The minimum atomic E-state index is -0.272. The number of hydrogen-bond acceptors (Lipinski definition) is 7. The van der Waals surface area contributed by atoms with Gasteiger partial charge in [0.2, 0.25) is 5.13 Å². The van der Waals surface area contributed by atoms with Crippen LogP contribution in [0, 0.1) is 6.92 Å². The molecule has 0 spiro atoms. The van der Waals surface area contributed by atoms with Crippen LogP contribution in [-0.2, 0) is 6.42 Å². The Morgan fingerprint density at radius 3 is 2.95 bits per heavy atom. The van der Waals surface area contributed by atoms with Gasteiger partial charge in [-0.25, -0.2) is 4.98 Å². The molecule has 6 nitrogen and oxygen atoms in total. The van der Waals surface area contributed by atoms with Crippen molar-refractivity contribution < 1.29 is 9.21 Å². The van der Waals surface area contributed by atoms with Gasteiger partial charge in [-0.3, -0.25) is 10.1 Å². The van der Waals surface area contributed by atoms with Gasteiger partial charge in [0.1, 0.15) is 10.7 Å². The van der Waals surface area contributed by atoms with Gasteiger partial charge < -0.3 is 4.42 Å². The van der Waals surface area contributed by atoms with E-state index in [0.717, 1.165) is 22.7 Å². The summed E-state index contributed by atoms with van der Waals surface area (Å²) in [5.41, 5.74) is 0.392. The second-order valence-electron chi connectivity index (χ2n) is 4.61. The largest absolute Gasteiger partial charge is 0.462 e. The van der Waals surface area contributed by atoms with Crippen LogP contribution in [0.1, 0.15) is 33.7 Å². The molecule has 0 aliphatic rings. The van der Waals surface area contributed by atoms with Gasteiger partial charge in [0, 0.05) is 11.3 Å². The number of aryl methyl sites for hydroxylation is 2. The Bertz CT molecular complexity index is 777. The predicted molar refractivity (Wildman–Crippen MR) is 86.4 cm³/mol. The van der Waals surface area contributed by atoms with Crippen molar-refractivity contribution in [1.82, 2.24) is 15.2 Å². The smallest absolute Gasteiger partial charge is 0.277 e. The number of nitrogens with one attached hydrogen (secondary N) is 1. The van der Waals surface area contributed by atoms with E-state index in [-0.39, 0.29) is 5.91 Å². The van der Waals surface area contributed by atoms with Crippen LogP contribution in [0.5, 0.6) is 0 Å². The zero-order chi connectivity index (χ0) is 15.5. The Hall–Kier alpha value is -2.06. The Morgan fingerprint density at radius 1 is 1.36 bits per heavy atom. The van der Waals surface area contributed by atoms with Crippen molar-refractivity contribution in [2.24, 2.45) is 0 Å². The molecule has 8 heteroatoms. The van der Waals surface area contributed by atoms with E-state index >= 15 is 0 Å². The quantitative estimate of drug-likeness (QED) is 0.768. The first-order chi connectivity index (χ1) is 10.7. The van der Waals surface area contributed by atoms with Crippen molar-refractivity contribution in [2.75, 3.05) is 5.32 Å². The maximum absolute atomic E-state index is 12.3. The fourth-order valence-corrected chi connectivity index (χ4v) is 3.60. The van der Waals surface area contributed by atoms with Crippen molar-refractivity contribution in [1.29, 1.82) is 0 Å². The van der Waals surface area contributed by atoms with Gasteiger partial charge in [-0.1, -0.05) is 18.3 Å². The van der Waals surface area contributed by atoms with E-state index < -0.39 is 0 Å². The average Bonchev–Trinajstić information content (AvgIpc) is 3.19. The zero-order valence-corrected chi connectivity index (χ0v) is 13.8. The van der Waals surface area contributed by atoms with Gasteiger partial charge in [-0.2, -0.15) is 0 Å². The van der Waals surface area contributed by atoms with Gasteiger partial charge in [-0.05, 0) is 25.5 Å². The van der Waals surface area contributed by atoms with Crippen LogP contribution in [0.15, 0.2) is 22.8 Å². The monoisotopic (exact) mass is 334 g/mol. The van der Waals surface area contributed by atoms with Crippen LogP contribution in [0.25, 0.3) is 10.8 Å². The number of thiazole rings is 1. The zero-order valence-electron chi connectivity index (χ0n) is 12.1. The number of carbonyl (C=O) groups is 1. The fraction of sp³-hybridized carbons (Fsp3) is 0.286. The third-order valence-electron chi connectivity index (χ3n) is 2.89. The summed E-state index contributed by atoms with van der Waals surface area (Å²) in [4.78, 5) is 17.5. The van der Waals surface area contributed by atoms with Crippen molar-refractivity contribution in [3.8, 4) is 10.8 Å². The van der Waals surface area contributed by atoms with E-state index in [0.29, 0.717) is 21.6 Å². The molecule has 0 saturated heterocycles. The third kappa shape index (κ3) is 3.07. The predicted octanol–water partition coefficient (Wildman–Crippen LogP) is 3.77. The third-order valence-corrected chi connectivity index (χ3v) is 4.78. The number of anilines is 1. The van der Waals surface area contributed by atoms with Gasteiger partial charge in [0.25, 0.3) is 5.91 Å². The normalized spacial score (nSPS) is 10.8. The highest BCUT2D eigenvalue weighted by Crippen LogP contribution is 2.28. The summed E-state index contributed by atoms with van der Waals surface area (Å²) in [6.45, 7) is 3.94. The summed E-state index contributed by atoms with van der Waals surface area (Å²) in [6.07, 6.45) is 3.45. The second kappa shape index (κ2) is 6.37. The number of carbonyl (C=O) groups excluding carboxylic acids is 1. The minimum absolute atomic E-state index is 0.272. The van der Waals surface area contributed by atoms with Crippen molar-refractivity contribution in [3.05, 3.63) is 34.0 Å². The molecule has 0 bridgehead atoms. The minimum Gasteiger partial charge on any atom is -0.462 e. The van der Waals surface area contributed by atoms with Gasteiger partial charge in [0.05, 0.1) is 6.26 Å². The van der Waals surface area contributed by atoms with Crippen LogP contribution in [0.4, 0.5) is 5.13 Å². The lowest BCUT2D eigenvalue weighted by atomic mass is 10.3. The molecule has 0 aromatic carbocycles. The molecular weight excluding hydrogens is 320 g/mol. The van der Waals surface area contributed by atoms with Gasteiger partial charge in [-0.15, -0.1) is 21.5 Å². The molecule has 3 heterocycles. The number of furan rings is 1. The summed E-state index contributed by atoms with van der Waals surface area (Å²) in [5, 5.41) is 12.9. The topological polar surface area (TPSA) is 80.9 Å². The average molecular weight is 334 g/mol. The summed E-state index contributed by atoms with van der Waals surface area (Å²) < 4.78 is 5.31. The standard InChI is InChI=1S/C14H14N4O2S2/c1-3-5-10-17-18-14(22-10)16-12(19)11-8(2)21-13(15-11)9-6-4-7-20-9/h4,6-7H,3,5H2,1-2H3,(H,16,18,19). The molecule has 0 atom stereocenters. The molecule has 0 saturated carbocycles. The first kappa shape index (κ1) is 14.9. The molecule has 1 N–H and O–H groups in total. The molecule has 3 aromatic rings. The molecule has 0 fully saturated rings. The maximum atomic E-state index is 12.3. The fourth-order valence-electron chi connectivity index (χ4n) is 1.89. The molecule has 0 unspecified atom stereocenters. The van der Waals surface area contributed by atoms with E-state index in [1.165, 1.54) is 22.7 Å². The molecule has 114 valence electrons. The lowest BCUT2D eigenvalue weighted by Crippen LogP contribution is -2.13. The van der Waals surface area contributed by atoms with E-state index in [9.17, 15) is 4.79 Å². The summed E-state index contributed by atoms with van der Waals surface area (Å²) >= 11 is 2.82. The van der Waals surface area contributed by atoms with Crippen LogP contribution >= 0.6 is 22.7 Å². The van der Waals surface area contributed by atoms with Crippen LogP contribution in [0.3, 0.4) is 0 Å². The highest BCUT2D eigenvalue weighted by molar-refractivity contribution is 7.15. The van der Waals surface area contributed by atoms with E-state index in [4.69, 9.17) is 4.42 Å². The van der Waals surface area contributed by atoms with Crippen molar-refractivity contribution >= 4 is 33.7 Å². The van der Waals surface area contributed by atoms with Crippen LogP contribution < -0.4 is 5.32 Å². The van der Waals surface area contributed by atoms with E-state index in [1.807, 2.05) is 13.0 Å². The number of aromatic nitrogens is 3. The summed E-state index contributed by atoms with van der Waals surface area (Å²) in [7, 11) is 0. The summed E-state index contributed by atoms with van der Waals surface area (Å²) in [5.74, 6) is 0.388. The molecular formula is C14H14N4O2S2. The first-order valence-electron chi connectivity index (χ1n) is 6.82.